The third kappa shape index (κ3) is 2.69. The molecular formula is C14H10ClFO3. The van der Waals surface area contributed by atoms with Crippen molar-refractivity contribution in [1.29, 1.82) is 0 Å². The Morgan fingerprint density at radius 3 is 2.47 bits per heavy atom. The van der Waals surface area contributed by atoms with Crippen molar-refractivity contribution in [1.82, 2.24) is 0 Å². The van der Waals surface area contributed by atoms with Gasteiger partial charge in [0.15, 0.2) is 0 Å². The Kier molecular flexibility index (Phi) is 3.71. The van der Waals surface area contributed by atoms with Gasteiger partial charge >= 0.3 is 5.97 Å². The molecular weight excluding hydrogens is 271 g/mol. The zero-order valence-electron chi connectivity index (χ0n) is 9.98. The minimum absolute atomic E-state index is 0.0410. The maximum atomic E-state index is 13.5. The summed E-state index contributed by atoms with van der Waals surface area (Å²) in [6.07, 6.45) is 0. The smallest absolute Gasteiger partial charge is 0.340 e. The number of methoxy groups -OCH3 is 1. The van der Waals surface area contributed by atoms with Crippen LogP contribution in [0.4, 0.5) is 4.39 Å². The lowest BCUT2D eigenvalue weighted by molar-refractivity contribution is 0.0595. The molecule has 0 saturated heterocycles. The average molecular weight is 281 g/mol. The van der Waals surface area contributed by atoms with E-state index >= 15 is 0 Å². The Labute approximate surface area is 114 Å². The number of aromatic hydroxyl groups is 1. The van der Waals surface area contributed by atoms with E-state index in [9.17, 15) is 14.3 Å². The zero-order chi connectivity index (χ0) is 14.0. The van der Waals surface area contributed by atoms with Gasteiger partial charge in [0, 0.05) is 0 Å². The predicted octanol–water partition coefficient (Wildman–Crippen LogP) is 3.64. The van der Waals surface area contributed by atoms with Gasteiger partial charge in [-0.1, -0.05) is 23.7 Å². The number of hydrogen-bond acceptors (Lipinski definition) is 3. The minimum Gasteiger partial charge on any atom is -0.506 e. The van der Waals surface area contributed by atoms with Crippen LogP contribution in [0.15, 0.2) is 36.4 Å². The molecule has 0 heterocycles. The number of ether oxygens (including phenoxy) is 1. The van der Waals surface area contributed by atoms with Crippen molar-refractivity contribution in [3.63, 3.8) is 0 Å². The van der Waals surface area contributed by atoms with Crippen LogP contribution in [0.5, 0.6) is 5.75 Å². The van der Waals surface area contributed by atoms with Crippen LogP contribution < -0.4 is 0 Å². The van der Waals surface area contributed by atoms with E-state index in [1.165, 1.54) is 37.4 Å². The molecule has 0 atom stereocenters. The van der Waals surface area contributed by atoms with Crippen molar-refractivity contribution in [2.24, 2.45) is 0 Å². The third-order valence-electron chi connectivity index (χ3n) is 2.65. The van der Waals surface area contributed by atoms with E-state index in [0.29, 0.717) is 11.1 Å². The number of phenolic OH excluding ortho intramolecular Hbond substituents is 1. The Morgan fingerprint density at radius 2 is 1.84 bits per heavy atom. The molecule has 0 saturated carbocycles. The van der Waals surface area contributed by atoms with E-state index in [1.807, 2.05) is 0 Å². The highest BCUT2D eigenvalue weighted by Gasteiger charge is 2.13. The monoisotopic (exact) mass is 280 g/mol. The second kappa shape index (κ2) is 5.28. The second-order valence-corrected chi connectivity index (χ2v) is 4.26. The van der Waals surface area contributed by atoms with E-state index < -0.39 is 11.8 Å². The van der Waals surface area contributed by atoms with Gasteiger partial charge in [-0.25, -0.2) is 9.18 Å². The molecule has 19 heavy (non-hydrogen) atoms. The summed E-state index contributed by atoms with van der Waals surface area (Å²) in [7, 11) is 1.19. The number of rotatable bonds is 2. The average Bonchev–Trinajstić information content (AvgIpc) is 2.41. The Bertz CT molecular complexity index is 641. The van der Waals surface area contributed by atoms with E-state index in [-0.39, 0.29) is 16.3 Å². The quantitative estimate of drug-likeness (QED) is 0.854. The van der Waals surface area contributed by atoms with Crippen molar-refractivity contribution in [2.45, 2.75) is 0 Å². The van der Waals surface area contributed by atoms with Gasteiger partial charge in [0.05, 0.1) is 17.7 Å². The van der Waals surface area contributed by atoms with Crippen molar-refractivity contribution in [3.8, 4) is 16.9 Å². The van der Waals surface area contributed by atoms with Crippen molar-refractivity contribution in [3.05, 3.63) is 52.8 Å². The minimum atomic E-state index is -0.746. The zero-order valence-corrected chi connectivity index (χ0v) is 10.7. The molecule has 0 spiro atoms. The summed E-state index contributed by atoms with van der Waals surface area (Å²) in [5.74, 6) is -1.44. The maximum absolute atomic E-state index is 13.5. The molecule has 2 rings (SSSR count). The summed E-state index contributed by atoms with van der Waals surface area (Å²) in [5, 5.41) is 9.53. The molecule has 0 fully saturated rings. The van der Waals surface area contributed by atoms with Gasteiger partial charge in [-0.05, 0) is 35.4 Å². The molecule has 0 aromatic heterocycles. The first-order chi connectivity index (χ1) is 9.02. The topological polar surface area (TPSA) is 46.5 Å². The van der Waals surface area contributed by atoms with E-state index in [1.54, 1.807) is 6.07 Å². The highest BCUT2D eigenvalue weighted by Crippen LogP contribution is 2.30. The highest BCUT2D eigenvalue weighted by atomic mass is 35.5. The summed E-state index contributed by atoms with van der Waals surface area (Å²) in [5.41, 5.74) is 1.11. The fourth-order valence-electron chi connectivity index (χ4n) is 1.66. The van der Waals surface area contributed by atoms with Gasteiger partial charge in [-0.15, -0.1) is 0 Å². The van der Waals surface area contributed by atoms with Crippen LogP contribution in [0, 0.1) is 5.82 Å². The Hall–Kier alpha value is -2.07. The van der Waals surface area contributed by atoms with Crippen LogP contribution >= 0.6 is 11.6 Å². The summed E-state index contributed by atoms with van der Waals surface area (Å²) in [4.78, 5) is 11.4. The van der Waals surface area contributed by atoms with E-state index in [4.69, 9.17) is 11.6 Å². The normalized spacial score (nSPS) is 10.3. The number of benzene rings is 2. The fourth-order valence-corrected chi connectivity index (χ4v) is 1.84. The number of phenols is 1. The first kappa shape index (κ1) is 13.4. The molecule has 0 aliphatic carbocycles. The summed E-state index contributed by atoms with van der Waals surface area (Å²) in [6, 6.07) is 8.66. The molecule has 3 nitrogen and oxygen atoms in total. The van der Waals surface area contributed by atoms with Gasteiger partial charge in [-0.3, -0.25) is 0 Å². The van der Waals surface area contributed by atoms with Crippen molar-refractivity contribution in [2.75, 3.05) is 7.11 Å². The highest BCUT2D eigenvalue weighted by molar-refractivity contribution is 6.32. The summed E-state index contributed by atoms with van der Waals surface area (Å²) < 4.78 is 18.0. The third-order valence-corrected chi connectivity index (χ3v) is 2.96. The number of hydrogen-bond donors (Lipinski definition) is 1. The lowest BCUT2D eigenvalue weighted by Crippen LogP contribution is -2.04. The fraction of sp³-hybridized carbons (Fsp3) is 0.0714. The molecule has 2 aromatic rings. The molecule has 0 amide bonds. The van der Waals surface area contributed by atoms with Gasteiger partial charge in [0.25, 0.3) is 0 Å². The van der Waals surface area contributed by atoms with Crippen LogP contribution in [0.1, 0.15) is 10.4 Å². The molecule has 0 radical (unpaired) electrons. The number of carbonyl (C=O) groups is 1. The molecule has 2 aromatic carbocycles. The largest absolute Gasteiger partial charge is 0.506 e. The van der Waals surface area contributed by atoms with Crippen molar-refractivity contribution >= 4 is 17.6 Å². The van der Waals surface area contributed by atoms with Crippen LogP contribution in [-0.2, 0) is 4.74 Å². The van der Waals surface area contributed by atoms with E-state index in [0.717, 1.165) is 0 Å². The molecule has 0 bridgehead atoms. The summed E-state index contributed by atoms with van der Waals surface area (Å²) >= 11 is 5.81. The number of halogens is 2. The Balaban J connectivity index is 2.51. The van der Waals surface area contributed by atoms with Gasteiger partial charge in [-0.2, -0.15) is 0 Å². The lowest BCUT2D eigenvalue weighted by atomic mass is 10.0. The van der Waals surface area contributed by atoms with E-state index in [2.05, 4.69) is 4.74 Å². The van der Waals surface area contributed by atoms with Crippen LogP contribution in [-0.4, -0.2) is 18.2 Å². The van der Waals surface area contributed by atoms with Crippen LogP contribution in [0.3, 0.4) is 0 Å². The predicted molar refractivity (Wildman–Crippen MR) is 69.9 cm³/mol. The SMILES string of the molecule is COC(=O)c1cc(-c2ccc(O)c(Cl)c2)ccc1F. The lowest BCUT2D eigenvalue weighted by Gasteiger charge is -2.07. The molecule has 0 aliphatic heterocycles. The standard InChI is InChI=1S/C14H10ClFO3/c1-19-14(18)10-6-8(2-4-12(10)16)9-3-5-13(17)11(15)7-9/h2-7,17H,1H3. The molecule has 0 aliphatic rings. The number of carbonyl (C=O) groups excluding carboxylic acids is 1. The molecule has 98 valence electrons. The summed E-state index contributed by atoms with van der Waals surface area (Å²) in [6.45, 7) is 0. The molecule has 1 N–H and O–H groups in total. The Morgan fingerprint density at radius 1 is 1.21 bits per heavy atom. The second-order valence-electron chi connectivity index (χ2n) is 3.85. The van der Waals surface area contributed by atoms with Crippen LogP contribution in [0.2, 0.25) is 5.02 Å². The first-order valence-electron chi connectivity index (χ1n) is 5.39. The molecule has 5 heteroatoms. The van der Waals surface area contributed by atoms with Crippen molar-refractivity contribution < 1.29 is 19.0 Å². The first-order valence-corrected chi connectivity index (χ1v) is 5.77. The maximum Gasteiger partial charge on any atom is 0.340 e. The van der Waals surface area contributed by atoms with Gasteiger partial charge < -0.3 is 9.84 Å². The number of esters is 1. The van der Waals surface area contributed by atoms with Gasteiger partial charge in [0.1, 0.15) is 11.6 Å². The molecule has 0 unspecified atom stereocenters. The van der Waals surface area contributed by atoms with Gasteiger partial charge in [0.2, 0.25) is 0 Å². The van der Waals surface area contributed by atoms with Crippen LogP contribution in [0.25, 0.3) is 11.1 Å².